The lowest BCUT2D eigenvalue weighted by Crippen LogP contribution is -2.57. The number of rotatable bonds is 5. The molecule has 0 radical (unpaired) electrons. The van der Waals surface area contributed by atoms with Crippen LogP contribution in [0.3, 0.4) is 0 Å². The van der Waals surface area contributed by atoms with Gasteiger partial charge in [-0.1, -0.05) is 0 Å². The van der Waals surface area contributed by atoms with Gasteiger partial charge in [0.15, 0.2) is 0 Å². The Labute approximate surface area is 151 Å². The van der Waals surface area contributed by atoms with E-state index in [1.165, 1.54) is 25.0 Å². The minimum Gasteiger partial charge on any atom is -0.449 e. The van der Waals surface area contributed by atoms with Gasteiger partial charge in [-0.2, -0.15) is 0 Å². The standard InChI is InChI=1S/C19H23FN2O4/c20-16-4-3-13(7-14(16)10-25-9-12-1-2-12)18(23)22-6-5-17-15(8-22)11-26-19(24)21-17/h3-4,7,12,15,17H,1-2,5-6,8-11H2,(H,21,24)/t15-,17+/m1/s1. The van der Waals surface area contributed by atoms with E-state index in [0.29, 0.717) is 49.8 Å². The minimum atomic E-state index is -0.389. The third-order valence-corrected chi connectivity index (χ3v) is 5.35. The summed E-state index contributed by atoms with van der Waals surface area (Å²) in [6, 6.07) is 4.50. The second-order valence-electron chi connectivity index (χ2n) is 7.41. The van der Waals surface area contributed by atoms with Crippen molar-refractivity contribution in [1.29, 1.82) is 0 Å². The zero-order chi connectivity index (χ0) is 18.1. The van der Waals surface area contributed by atoms with Crippen LogP contribution in [0.4, 0.5) is 9.18 Å². The molecule has 1 aromatic rings. The number of nitrogens with one attached hydrogen (secondary N) is 1. The maximum Gasteiger partial charge on any atom is 0.407 e. The summed E-state index contributed by atoms with van der Waals surface area (Å²) in [5, 5.41) is 2.81. The molecule has 3 aliphatic rings. The maximum absolute atomic E-state index is 14.0. The highest BCUT2D eigenvalue weighted by molar-refractivity contribution is 5.94. The van der Waals surface area contributed by atoms with Crippen LogP contribution in [0.5, 0.6) is 0 Å². The van der Waals surface area contributed by atoms with E-state index in [0.717, 1.165) is 0 Å². The third kappa shape index (κ3) is 3.82. The van der Waals surface area contributed by atoms with Gasteiger partial charge in [0.2, 0.25) is 0 Å². The molecular formula is C19H23FN2O4. The molecule has 4 rings (SSSR count). The highest BCUT2D eigenvalue weighted by Crippen LogP contribution is 2.29. The van der Waals surface area contributed by atoms with Crippen LogP contribution in [0.1, 0.15) is 35.2 Å². The van der Waals surface area contributed by atoms with E-state index in [2.05, 4.69) is 5.32 Å². The van der Waals surface area contributed by atoms with Crippen molar-refractivity contribution < 1.29 is 23.5 Å². The second-order valence-corrected chi connectivity index (χ2v) is 7.41. The molecular weight excluding hydrogens is 339 g/mol. The average molecular weight is 362 g/mol. The smallest absolute Gasteiger partial charge is 0.407 e. The number of piperidine rings is 1. The summed E-state index contributed by atoms with van der Waals surface area (Å²) in [5.74, 6) is 0.234. The monoisotopic (exact) mass is 362 g/mol. The first kappa shape index (κ1) is 17.3. The van der Waals surface area contributed by atoms with Gasteiger partial charge in [0, 0.05) is 42.8 Å². The molecule has 0 unspecified atom stereocenters. The first-order valence-electron chi connectivity index (χ1n) is 9.19. The van der Waals surface area contributed by atoms with Crippen LogP contribution in [-0.2, 0) is 16.1 Å². The lowest BCUT2D eigenvalue weighted by molar-refractivity contribution is 0.0324. The molecule has 0 spiro atoms. The Bertz CT molecular complexity index is 707. The van der Waals surface area contributed by atoms with Crippen LogP contribution in [-0.4, -0.2) is 49.2 Å². The number of benzene rings is 1. The number of hydrogen-bond donors (Lipinski definition) is 1. The van der Waals surface area contributed by atoms with Gasteiger partial charge in [-0.05, 0) is 43.4 Å². The molecule has 2 heterocycles. The van der Waals surface area contributed by atoms with Gasteiger partial charge < -0.3 is 19.7 Å². The Hall–Kier alpha value is -2.15. The molecule has 1 N–H and O–H groups in total. The van der Waals surface area contributed by atoms with Crippen LogP contribution in [0.25, 0.3) is 0 Å². The number of hydrogen-bond acceptors (Lipinski definition) is 4. The highest BCUT2D eigenvalue weighted by atomic mass is 19.1. The Morgan fingerprint density at radius 3 is 3.00 bits per heavy atom. The van der Waals surface area contributed by atoms with E-state index < -0.39 is 0 Å². The topological polar surface area (TPSA) is 67.9 Å². The van der Waals surface area contributed by atoms with Gasteiger partial charge in [-0.15, -0.1) is 0 Å². The number of nitrogens with zero attached hydrogens (tertiary/aromatic N) is 1. The number of ether oxygens (including phenoxy) is 2. The predicted octanol–water partition coefficient (Wildman–Crippen LogP) is 2.32. The number of carbonyl (C=O) groups excluding carboxylic acids is 2. The maximum atomic E-state index is 14.0. The molecule has 0 bridgehead atoms. The molecule has 6 nitrogen and oxygen atoms in total. The molecule has 2 saturated heterocycles. The quantitative estimate of drug-likeness (QED) is 0.873. The van der Waals surface area contributed by atoms with Gasteiger partial charge in [0.1, 0.15) is 5.82 Å². The molecule has 7 heteroatoms. The molecule has 1 aromatic carbocycles. The highest BCUT2D eigenvalue weighted by Gasteiger charge is 2.36. The predicted molar refractivity (Wildman–Crippen MR) is 91.1 cm³/mol. The van der Waals surface area contributed by atoms with Gasteiger partial charge in [0.05, 0.1) is 13.2 Å². The summed E-state index contributed by atoms with van der Waals surface area (Å²) in [5.41, 5.74) is 0.885. The summed E-state index contributed by atoms with van der Waals surface area (Å²) in [6.45, 7) is 2.25. The molecule has 0 aromatic heterocycles. The van der Waals surface area contributed by atoms with Gasteiger partial charge in [0.25, 0.3) is 5.91 Å². The SMILES string of the molecule is O=C1N[C@H]2CCN(C(=O)c3ccc(F)c(COCC4CC4)c3)C[C@@H]2CO1. The average Bonchev–Trinajstić information content (AvgIpc) is 3.46. The van der Waals surface area contributed by atoms with Crippen LogP contribution in [0, 0.1) is 17.7 Å². The number of cyclic esters (lactones) is 1. The van der Waals surface area contributed by atoms with Crippen molar-refractivity contribution in [1.82, 2.24) is 10.2 Å². The minimum absolute atomic E-state index is 0.0555. The van der Waals surface area contributed by atoms with Gasteiger partial charge >= 0.3 is 6.09 Å². The van der Waals surface area contributed by atoms with Crippen molar-refractivity contribution in [2.75, 3.05) is 26.3 Å². The summed E-state index contributed by atoms with van der Waals surface area (Å²) in [7, 11) is 0. The summed E-state index contributed by atoms with van der Waals surface area (Å²) >= 11 is 0. The Morgan fingerprint density at radius 1 is 1.35 bits per heavy atom. The lowest BCUT2D eigenvalue weighted by atomic mass is 9.91. The van der Waals surface area contributed by atoms with Gasteiger partial charge in [-0.25, -0.2) is 9.18 Å². The third-order valence-electron chi connectivity index (χ3n) is 5.35. The van der Waals surface area contributed by atoms with Crippen molar-refractivity contribution in [3.63, 3.8) is 0 Å². The summed E-state index contributed by atoms with van der Waals surface area (Å²) < 4.78 is 24.6. The van der Waals surface area contributed by atoms with E-state index in [1.54, 1.807) is 11.0 Å². The van der Waals surface area contributed by atoms with Crippen molar-refractivity contribution in [3.05, 3.63) is 35.1 Å². The van der Waals surface area contributed by atoms with Crippen LogP contribution < -0.4 is 5.32 Å². The van der Waals surface area contributed by atoms with Crippen LogP contribution in [0.2, 0.25) is 0 Å². The fourth-order valence-corrected chi connectivity index (χ4v) is 3.57. The van der Waals surface area contributed by atoms with E-state index in [-0.39, 0.29) is 36.4 Å². The molecule has 2 aliphatic heterocycles. The van der Waals surface area contributed by atoms with Crippen LogP contribution in [0.15, 0.2) is 18.2 Å². The number of amides is 2. The molecule has 2 amide bonds. The first-order valence-corrected chi connectivity index (χ1v) is 9.19. The van der Waals surface area contributed by atoms with Crippen molar-refractivity contribution >= 4 is 12.0 Å². The first-order chi connectivity index (χ1) is 12.6. The largest absolute Gasteiger partial charge is 0.449 e. The van der Waals surface area contributed by atoms with E-state index >= 15 is 0 Å². The molecule has 1 aliphatic carbocycles. The zero-order valence-electron chi connectivity index (χ0n) is 14.6. The number of likely N-dealkylation sites (tertiary alicyclic amines) is 1. The van der Waals surface area contributed by atoms with Gasteiger partial charge in [-0.3, -0.25) is 4.79 Å². The Morgan fingerprint density at radius 2 is 2.19 bits per heavy atom. The fourth-order valence-electron chi connectivity index (χ4n) is 3.57. The molecule has 1 saturated carbocycles. The van der Waals surface area contributed by atoms with E-state index in [4.69, 9.17) is 9.47 Å². The second kappa shape index (κ2) is 7.23. The normalized spacial score (nSPS) is 25.3. The lowest BCUT2D eigenvalue weighted by Gasteiger charge is -2.40. The van der Waals surface area contributed by atoms with Crippen molar-refractivity contribution in [3.8, 4) is 0 Å². The number of halogens is 1. The van der Waals surface area contributed by atoms with E-state index in [9.17, 15) is 14.0 Å². The Balaban J connectivity index is 1.40. The van der Waals surface area contributed by atoms with E-state index in [1.807, 2.05) is 0 Å². The zero-order valence-corrected chi connectivity index (χ0v) is 14.6. The fraction of sp³-hybridized carbons (Fsp3) is 0.579. The number of carbonyl (C=O) groups is 2. The van der Waals surface area contributed by atoms with Crippen LogP contribution >= 0.6 is 0 Å². The van der Waals surface area contributed by atoms with Crippen molar-refractivity contribution in [2.45, 2.75) is 31.9 Å². The number of alkyl carbamates (subject to hydrolysis) is 1. The van der Waals surface area contributed by atoms with Crippen molar-refractivity contribution in [2.24, 2.45) is 11.8 Å². The molecule has 26 heavy (non-hydrogen) atoms. The number of fused-ring (bicyclic) bond motifs is 1. The molecule has 140 valence electrons. The molecule has 2 atom stereocenters. The Kier molecular flexibility index (Phi) is 4.80. The summed E-state index contributed by atoms with van der Waals surface area (Å²) in [4.78, 5) is 25.9. The molecule has 3 fully saturated rings. The summed E-state index contributed by atoms with van der Waals surface area (Å²) in [6.07, 6.45) is 2.68.